The molecule has 0 bridgehead atoms. The van der Waals surface area contributed by atoms with Crippen LogP contribution in [0.4, 0.5) is 0 Å². The van der Waals surface area contributed by atoms with E-state index >= 15 is 0 Å². The van der Waals surface area contributed by atoms with Crippen LogP contribution in [0.1, 0.15) is 18.0 Å². The number of hydrogen-bond donors (Lipinski definition) is 1. The lowest BCUT2D eigenvalue weighted by atomic mass is 10.2. The van der Waals surface area contributed by atoms with Crippen LogP contribution in [-0.4, -0.2) is 16.5 Å². The van der Waals surface area contributed by atoms with Gasteiger partial charge in [-0.15, -0.1) is 0 Å². The van der Waals surface area contributed by atoms with E-state index in [0.29, 0.717) is 11.8 Å². The van der Waals surface area contributed by atoms with E-state index < -0.39 is 0 Å². The van der Waals surface area contributed by atoms with Crippen LogP contribution >= 0.6 is 0 Å². The molecule has 1 saturated carbocycles. The van der Waals surface area contributed by atoms with Crippen molar-refractivity contribution in [3.8, 4) is 0 Å². The second-order valence-electron chi connectivity index (χ2n) is 4.12. The van der Waals surface area contributed by atoms with Crippen LogP contribution in [0, 0.1) is 5.92 Å². The van der Waals surface area contributed by atoms with Crippen LogP contribution in [0.15, 0.2) is 30.5 Å². The first kappa shape index (κ1) is 8.80. The number of rotatable bonds is 2. The van der Waals surface area contributed by atoms with Gasteiger partial charge in [0, 0.05) is 12.1 Å². The summed E-state index contributed by atoms with van der Waals surface area (Å²) < 4.78 is 0. The molecule has 1 aliphatic carbocycles. The Balaban J connectivity index is 2.00. The van der Waals surface area contributed by atoms with Crippen molar-refractivity contribution in [1.29, 1.82) is 0 Å². The molecule has 0 saturated heterocycles. The lowest BCUT2D eigenvalue weighted by Crippen LogP contribution is -2.02. The Morgan fingerprint density at radius 1 is 1.27 bits per heavy atom. The van der Waals surface area contributed by atoms with Crippen molar-refractivity contribution >= 4 is 11.0 Å². The minimum atomic E-state index is 0.548. The third kappa shape index (κ3) is 1.49. The smallest absolute Gasteiger partial charge is 0.0890 e. The molecule has 15 heavy (non-hydrogen) atoms. The van der Waals surface area contributed by atoms with Gasteiger partial charge in [-0.2, -0.15) is 0 Å². The molecule has 1 fully saturated rings. The quantitative estimate of drug-likeness (QED) is 0.800. The van der Waals surface area contributed by atoms with E-state index in [1.807, 2.05) is 30.5 Å². The van der Waals surface area contributed by atoms with Gasteiger partial charge in [-0.25, -0.2) is 4.98 Å². The zero-order valence-electron chi connectivity index (χ0n) is 8.43. The Morgan fingerprint density at radius 2 is 2.07 bits per heavy atom. The van der Waals surface area contributed by atoms with Gasteiger partial charge in [0.05, 0.1) is 16.7 Å². The fourth-order valence-electron chi connectivity index (χ4n) is 2.02. The molecule has 1 aromatic heterocycles. The highest BCUT2D eigenvalue weighted by Crippen LogP contribution is 2.45. The second kappa shape index (κ2) is 3.28. The van der Waals surface area contributed by atoms with Crippen LogP contribution < -0.4 is 5.73 Å². The van der Waals surface area contributed by atoms with Gasteiger partial charge in [-0.05, 0) is 31.0 Å². The first-order valence-corrected chi connectivity index (χ1v) is 5.30. The number of hydrogen-bond acceptors (Lipinski definition) is 3. The number of nitrogens with two attached hydrogens (primary N) is 1. The predicted octanol–water partition coefficient (Wildman–Crippen LogP) is 1.69. The molecule has 0 amide bonds. The molecule has 3 heteroatoms. The minimum Gasteiger partial charge on any atom is -0.330 e. The van der Waals surface area contributed by atoms with Gasteiger partial charge >= 0.3 is 0 Å². The van der Waals surface area contributed by atoms with Crippen molar-refractivity contribution in [2.75, 3.05) is 6.54 Å². The van der Waals surface area contributed by atoms with E-state index in [4.69, 9.17) is 5.73 Å². The summed E-state index contributed by atoms with van der Waals surface area (Å²) in [7, 11) is 0. The number of nitrogens with zero attached hydrogens (tertiary/aromatic N) is 2. The summed E-state index contributed by atoms with van der Waals surface area (Å²) in [5.74, 6) is 1.17. The lowest BCUT2D eigenvalue weighted by molar-refractivity contribution is 0.797. The van der Waals surface area contributed by atoms with Crippen molar-refractivity contribution in [1.82, 2.24) is 9.97 Å². The third-order valence-corrected chi connectivity index (χ3v) is 3.07. The number of aromatic nitrogens is 2. The number of benzene rings is 1. The van der Waals surface area contributed by atoms with Gasteiger partial charge < -0.3 is 5.73 Å². The maximum Gasteiger partial charge on any atom is 0.0890 e. The van der Waals surface area contributed by atoms with Crippen molar-refractivity contribution in [3.63, 3.8) is 0 Å². The van der Waals surface area contributed by atoms with E-state index in [0.717, 1.165) is 23.3 Å². The molecule has 3 rings (SSSR count). The van der Waals surface area contributed by atoms with Crippen molar-refractivity contribution in [2.45, 2.75) is 12.3 Å². The molecular formula is C12H13N3. The molecule has 1 aliphatic rings. The number of fused-ring (bicyclic) bond motifs is 1. The summed E-state index contributed by atoms with van der Waals surface area (Å²) in [5, 5.41) is 0. The normalized spacial score (nSPS) is 24.3. The summed E-state index contributed by atoms with van der Waals surface area (Å²) in [5.41, 5.74) is 8.68. The van der Waals surface area contributed by atoms with Gasteiger partial charge in [0.1, 0.15) is 0 Å². The predicted molar refractivity (Wildman–Crippen MR) is 59.4 cm³/mol. The lowest BCUT2D eigenvalue weighted by Gasteiger charge is -2.00. The molecule has 1 aromatic carbocycles. The largest absolute Gasteiger partial charge is 0.330 e. The Bertz CT molecular complexity index is 495. The molecule has 0 aliphatic heterocycles. The maximum absolute atomic E-state index is 5.63. The number of para-hydroxylation sites is 2. The molecular weight excluding hydrogens is 186 g/mol. The third-order valence-electron chi connectivity index (χ3n) is 3.07. The minimum absolute atomic E-state index is 0.548. The van der Waals surface area contributed by atoms with Crippen molar-refractivity contribution in [3.05, 3.63) is 36.2 Å². The van der Waals surface area contributed by atoms with E-state index in [2.05, 4.69) is 9.97 Å². The Morgan fingerprint density at radius 3 is 2.80 bits per heavy atom. The van der Waals surface area contributed by atoms with Gasteiger partial charge in [-0.1, -0.05) is 12.1 Å². The highest BCUT2D eigenvalue weighted by atomic mass is 14.8. The van der Waals surface area contributed by atoms with Crippen molar-refractivity contribution < 1.29 is 0 Å². The van der Waals surface area contributed by atoms with E-state index in [1.54, 1.807) is 0 Å². The highest BCUT2D eigenvalue weighted by molar-refractivity contribution is 5.73. The second-order valence-corrected chi connectivity index (χ2v) is 4.12. The van der Waals surface area contributed by atoms with E-state index in [9.17, 15) is 0 Å². The Hall–Kier alpha value is -1.48. The molecule has 3 nitrogen and oxygen atoms in total. The molecule has 2 aromatic rings. The average molecular weight is 199 g/mol. The van der Waals surface area contributed by atoms with Crippen LogP contribution in [0.2, 0.25) is 0 Å². The zero-order valence-corrected chi connectivity index (χ0v) is 8.43. The summed E-state index contributed by atoms with van der Waals surface area (Å²) in [4.78, 5) is 9.03. The molecule has 1 heterocycles. The monoisotopic (exact) mass is 199 g/mol. The fourth-order valence-corrected chi connectivity index (χ4v) is 2.02. The van der Waals surface area contributed by atoms with Crippen LogP contribution in [-0.2, 0) is 0 Å². The zero-order chi connectivity index (χ0) is 10.3. The van der Waals surface area contributed by atoms with Gasteiger partial charge in [0.15, 0.2) is 0 Å². The van der Waals surface area contributed by atoms with Crippen LogP contribution in [0.25, 0.3) is 11.0 Å². The topological polar surface area (TPSA) is 51.8 Å². The van der Waals surface area contributed by atoms with E-state index in [-0.39, 0.29) is 0 Å². The molecule has 2 atom stereocenters. The van der Waals surface area contributed by atoms with E-state index in [1.165, 1.54) is 6.42 Å². The first-order chi connectivity index (χ1) is 7.38. The summed E-state index contributed by atoms with van der Waals surface area (Å²) >= 11 is 0. The van der Waals surface area contributed by atoms with Gasteiger partial charge in [-0.3, -0.25) is 4.98 Å². The van der Waals surface area contributed by atoms with Gasteiger partial charge in [0.2, 0.25) is 0 Å². The molecule has 0 unspecified atom stereocenters. The summed E-state index contributed by atoms with van der Waals surface area (Å²) in [6, 6.07) is 7.97. The molecule has 2 N–H and O–H groups in total. The van der Waals surface area contributed by atoms with Crippen molar-refractivity contribution in [2.24, 2.45) is 11.7 Å². The molecule has 0 radical (unpaired) electrons. The molecule has 76 valence electrons. The summed E-state index contributed by atoms with van der Waals surface area (Å²) in [6.07, 6.45) is 3.06. The Kier molecular flexibility index (Phi) is 1.92. The Labute approximate surface area is 88.3 Å². The maximum atomic E-state index is 5.63. The average Bonchev–Trinajstić information content (AvgIpc) is 3.08. The first-order valence-electron chi connectivity index (χ1n) is 5.30. The fraction of sp³-hybridized carbons (Fsp3) is 0.333. The standard InChI is InChI=1S/C12H13N3/c13-6-8-5-9(8)12-7-14-10-3-1-2-4-11(10)15-12/h1-4,7-9H,5-6,13H2/t8-,9+/m0/s1. The SMILES string of the molecule is NC[C@@H]1C[C@H]1c1cnc2ccccc2n1. The van der Waals surface area contributed by atoms with Crippen LogP contribution in [0.3, 0.4) is 0 Å². The highest BCUT2D eigenvalue weighted by Gasteiger charge is 2.38. The van der Waals surface area contributed by atoms with Crippen LogP contribution in [0.5, 0.6) is 0 Å². The molecule has 0 spiro atoms. The van der Waals surface area contributed by atoms with Gasteiger partial charge in [0.25, 0.3) is 0 Å². The summed E-state index contributed by atoms with van der Waals surface area (Å²) in [6.45, 7) is 0.763.